The van der Waals surface area contributed by atoms with E-state index < -0.39 is 0 Å². The van der Waals surface area contributed by atoms with E-state index in [2.05, 4.69) is 38.9 Å². The van der Waals surface area contributed by atoms with Gasteiger partial charge >= 0.3 is 0 Å². The van der Waals surface area contributed by atoms with Gasteiger partial charge in [0, 0.05) is 0 Å². The van der Waals surface area contributed by atoms with Crippen molar-refractivity contribution in [3.63, 3.8) is 0 Å². The predicted octanol–water partition coefficient (Wildman–Crippen LogP) is 2.67. The van der Waals surface area contributed by atoms with Crippen LogP contribution in [0.2, 0.25) is 0 Å². The van der Waals surface area contributed by atoms with E-state index in [-0.39, 0.29) is 6.04 Å². The zero-order chi connectivity index (χ0) is 10.5. The second-order valence-corrected chi connectivity index (χ2v) is 5.11. The van der Waals surface area contributed by atoms with Crippen molar-refractivity contribution in [2.75, 3.05) is 7.05 Å². The molecule has 0 aliphatic heterocycles. The summed E-state index contributed by atoms with van der Waals surface area (Å²) < 4.78 is 0. The average molecular weight is 181 g/mol. The van der Waals surface area contributed by atoms with E-state index in [1.165, 1.54) is 6.42 Å². The Morgan fingerprint density at radius 3 is 2.23 bits per heavy atom. The van der Waals surface area contributed by atoms with Crippen molar-refractivity contribution < 1.29 is 0 Å². The minimum absolute atomic E-state index is 0.234. The Kier molecular flexibility index (Phi) is 5.10. The standard InChI is InChI=1S/C12H23N/c1-7-11(13-6)8-10(2)9-12(3,4)5/h1,10-11,13H,8-9H2,2-6H3/t10-,11-/m0/s1. The lowest BCUT2D eigenvalue weighted by molar-refractivity contribution is 0.288. The van der Waals surface area contributed by atoms with Crippen molar-refractivity contribution >= 4 is 0 Å². The smallest absolute Gasteiger partial charge is 0.0687 e. The molecule has 0 aliphatic rings. The Balaban J connectivity index is 3.87. The molecular weight excluding hydrogens is 158 g/mol. The summed E-state index contributed by atoms with van der Waals surface area (Å²) in [6, 6.07) is 0.234. The maximum atomic E-state index is 5.38. The molecule has 0 aromatic carbocycles. The van der Waals surface area contributed by atoms with Crippen LogP contribution in [0, 0.1) is 23.7 Å². The van der Waals surface area contributed by atoms with Gasteiger partial charge in [0.2, 0.25) is 0 Å². The van der Waals surface area contributed by atoms with Gasteiger partial charge in [0.15, 0.2) is 0 Å². The van der Waals surface area contributed by atoms with Crippen LogP contribution in [0.3, 0.4) is 0 Å². The van der Waals surface area contributed by atoms with E-state index in [0.29, 0.717) is 11.3 Å². The number of terminal acetylenes is 1. The van der Waals surface area contributed by atoms with Crippen LogP contribution in [0.1, 0.15) is 40.5 Å². The average Bonchev–Trinajstić information content (AvgIpc) is 1.96. The molecule has 1 nitrogen and oxygen atoms in total. The predicted molar refractivity (Wildman–Crippen MR) is 59.5 cm³/mol. The fourth-order valence-corrected chi connectivity index (χ4v) is 1.80. The fraction of sp³-hybridized carbons (Fsp3) is 0.833. The van der Waals surface area contributed by atoms with Crippen LogP contribution >= 0.6 is 0 Å². The van der Waals surface area contributed by atoms with Gasteiger partial charge in [-0.05, 0) is 31.2 Å². The molecule has 0 spiro atoms. The number of hydrogen-bond donors (Lipinski definition) is 1. The first-order valence-corrected chi connectivity index (χ1v) is 5.02. The highest BCUT2D eigenvalue weighted by Crippen LogP contribution is 2.26. The lowest BCUT2D eigenvalue weighted by Gasteiger charge is -2.24. The van der Waals surface area contributed by atoms with Crippen molar-refractivity contribution in [1.29, 1.82) is 0 Å². The zero-order valence-electron chi connectivity index (χ0n) is 9.65. The zero-order valence-corrected chi connectivity index (χ0v) is 9.65. The third-order valence-corrected chi connectivity index (χ3v) is 2.15. The van der Waals surface area contributed by atoms with Crippen molar-refractivity contribution in [3.8, 4) is 12.3 Å². The first kappa shape index (κ1) is 12.5. The molecule has 0 fully saturated rings. The second kappa shape index (κ2) is 5.29. The maximum Gasteiger partial charge on any atom is 0.0687 e. The molecule has 0 aromatic heterocycles. The highest BCUT2D eigenvalue weighted by molar-refractivity contribution is 4.98. The molecule has 0 heterocycles. The van der Waals surface area contributed by atoms with Crippen molar-refractivity contribution in [2.45, 2.75) is 46.6 Å². The van der Waals surface area contributed by atoms with Gasteiger partial charge in [-0.15, -0.1) is 6.42 Å². The molecule has 0 aliphatic carbocycles. The van der Waals surface area contributed by atoms with E-state index in [4.69, 9.17) is 6.42 Å². The first-order valence-electron chi connectivity index (χ1n) is 5.02. The lowest BCUT2D eigenvalue weighted by atomic mass is 9.83. The summed E-state index contributed by atoms with van der Waals surface area (Å²) in [5.41, 5.74) is 0.409. The molecule has 1 N–H and O–H groups in total. The molecule has 0 rings (SSSR count). The summed E-state index contributed by atoms with van der Waals surface area (Å²) in [5.74, 6) is 3.45. The van der Waals surface area contributed by atoms with Gasteiger partial charge in [0.05, 0.1) is 6.04 Å². The third kappa shape index (κ3) is 6.66. The summed E-state index contributed by atoms with van der Waals surface area (Å²) in [6.07, 6.45) is 7.69. The van der Waals surface area contributed by atoms with Crippen LogP contribution < -0.4 is 5.32 Å². The summed E-state index contributed by atoms with van der Waals surface area (Å²) in [7, 11) is 1.92. The van der Waals surface area contributed by atoms with Crippen LogP contribution in [-0.4, -0.2) is 13.1 Å². The Bertz CT molecular complexity index is 171. The van der Waals surface area contributed by atoms with Crippen LogP contribution in [0.4, 0.5) is 0 Å². The Labute approximate surface area is 83.3 Å². The van der Waals surface area contributed by atoms with Gasteiger partial charge in [0.25, 0.3) is 0 Å². The number of hydrogen-bond acceptors (Lipinski definition) is 1. The highest BCUT2D eigenvalue weighted by Gasteiger charge is 2.17. The fourth-order valence-electron chi connectivity index (χ4n) is 1.80. The van der Waals surface area contributed by atoms with E-state index in [9.17, 15) is 0 Å². The van der Waals surface area contributed by atoms with Gasteiger partial charge in [0.1, 0.15) is 0 Å². The first-order chi connectivity index (χ1) is 5.89. The van der Waals surface area contributed by atoms with Crippen molar-refractivity contribution in [1.82, 2.24) is 5.32 Å². The molecule has 0 saturated carbocycles. The minimum atomic E-state index is 0.234. The van der Waals surface area contributed by atoms with Crippen LogP contribution in [0.15, 0.2) is 0 Å². The molecule has 76 valence electrons. The SMILES string of the molecule is C#C[C@@H](C[C@H](C)CC(C)(C)C)NC. The van der Waals surface area contributed by atoms with Gasteiger partial charge in [-0.25, -0.2) is 0 Å². The summed E-state index contributed by atoms with van der Waals surface area (Å²) >= 11 is 0. The van der Waals surface area contributed by atoms with Gasteiger partial charge in [-0.3, -0.25) is 0 Å². The molecule has 2 atom stereocenters. The van der Waals surface area contributed by atoms with Crippen molar-refractivity contribution in [3.05, 3.63) is 0 Å². The topological polar surface area (TPSA) is 12.0 Å². The van der Waals surface area contributed by atoms with Crippen LogP contribution in [0.25, 0.3) is 0 Å². The van der Waals surface area contributed by atoms with Gasteiger partial charge in [-0.1, -0.05) is 33.6 Å². The van der Waals surface area contributed by atoms with E-state index in [1.807, 2.05) is 7.05 Å². The van der Waals surface area contributed by atoms with Gasteiger partial charge < -0.3 is 5.32 Å². The summed E-state index contributed by atoms with van der Waals surface area (Å²) in [6.45, 7) is 9.09. The monoisotopic (exact) mass is 181 g/mol. The number of nitrogens with one attached hydrogen (secondary N) is 1. The Morgan fingerprint density at radius 1 is 1.38 bits per heavy atom. The Morgan fingerprint density at radius 2 is 1.92 bits per heavy atom. The molecule has 0 amide bonds. The summed E-state index contributed by atoms with van der Waals surface area (Å²) in [4.78, 5) is 0. The van der Waals surface area contributed by atoms with E-state index >= 15 is 0 Å². The van der Waals surface area contributed by atoms with Crippen molar-refractivity contribution in [2.24, 2.45) is 11.3 Å². The normalized spacial score (nSPS) is 16.3. The minimum Gasteiger partial charge on any atom is -0.307 e. The third-order valence-electron chi connectivity index (χ3n) is 2.15. The quantitative estimate of drug-likeness (QED) is 0.657. The Hall–Kier alpha value is -0.480. The second-order valence-electron chi connectivity index (χ2n) is 5.11. The van der Waals surface area contributed by atoms with Crippen LogP contribution in [-0.2, 0) is 0 Å². The highest BCUT2D eigenvalue weighted by atomic mass is 14.9. The lowest BCUT2D eigenvalue weighted by Crippen LogP contribution is -2.26. The van der Waals surface area contributed by atoms with E-state index in [1.54, 1.807) is 0 Å². The molecular formula is C12H23N. The molecule has 1 heteroatoms. The molecule has 0 aromatic rings. The molecule has 13 heavy (non-hydrogen) atoms. The molecule has 0 radical (unpaired) electrons. The maximum absolute atomic E-state index is 5.38. The van der Waals surface area contributed by atoms with E-state index in [0.717, 1.165) is 6.42 Å². The molecule has 0 saturated heterocycles. The molecule has 0 unspecified atom stereocenters. The van der Waals surface area contributed by atoms with Crippen LogP contribution in [0.5, 0.6) is 0 Å². The van der Waals surface area contributed by atoms with Gasteiger partial charge in [-0.2, -0.15) is 0 Å². The number of rotatable bonds is 4. The largest absolute Gasteiger partial charge is 0.307 e. The molecule has 0 bridgehead atoms. The summed E-state index contributed by atoms with van der Waals surface area (Å²) in [5, 5.41) is 3.13.